The molecule has 0 saturated carbocycles. The number of amides is 2. The Morgan fingerprint density at radius 2 is 1.72 bits per heavy atom. The minimum Gasteiger partial charge on any atom is -0.490 e. The van der Waals surface area contributed by atoms with Crippen molar-refractivity contribution in [1.29, 1.82) is 0 Å². The quantitative estimate of drug-likeness (QED) is 0.625. The standard InChI is InChI=1S/C26H27N3O3/c1-16-8-7-9-17(2)23(16)28-25(30)24-20-10-5-6-11-21(20)26(31)29(24)14-15-32-22-13-12-18(3)27-19(22)4/h5-13,24H,14-15H2,1-4H3,(H,28,30). The van der Waals surface area contributed by atoms with Crippen LogP contribution in [0.3, 0.4) is 0 Å². The van der Waals surface area contributed by atoms with Crippen LogP contribution in [-0.2, 0) is 4.79 Å². The lowest BCUT2D eigenvalue weighted by molar-refractivity contribution is -0.120. The third kappa shape index (κ3) is 4.08. The van der Waals surface area contributed by atoms with Crippen molar-refractivity contribution in [3.05, 3.63) is 88.2 Å². The Morgan fingerprint density at radius 3 is 2.44 bits per heavy atom. The van der Waals surface area contributed by atoms with E-state index in [1.165, 1.54) is 0 Å². The lowest BCUT2D eigenvalue weighted by Crippen LogP contribution is -2.38. The summed E-state index contributed by atoms with van der Waals surface area (Å²) in [5.41, 5.74) is 5.73. The van der Waals surface area contributed by atoms with Gasteiger partial charge in [-0.3, -0.25) is 14.6 Å². The number of nitrogens with zero attached hydrogens (tertiary/aromatic N) is 2. The van der Waals surface area contributed by atoms with Gasteiger partial charge in [-0.2, -0.15) is 0 Å². The first-order chi connectivity index (χ1) is 15.4. The summed E-state index contributed by atoms with van der Waals surface area (Å²) in [6.07, 6.45) is 0. The van der Waals surface area contributed by atoms with Gasteiger partial charge in [0.25, 0.3) is 11.8 Å². The highest BCUT2D eigenvalue weighted by Gasteiger charge is 2.40. The van der Waals surface area contributed by atoms with E-state index in [4.69, 9.17) is 4.74 Å². The summed E-state index contributed by atoms with van der Waals surface area (Å²) in [5, 5.41) is 3.05. The summed E-state index contributed by atoms with van der Waals surface area (Å²) in [7, 11) is 0. The number of ether oxygens (including phenoxy) is 1. The van der Waals surface area contributed by atoms with E-state index in [0.29, 0.717) is 11.3 Å². The van der Waals surface area contributed by atoms with Gasteiger partial charge in [0.15, 0.2) is 0 Å². The SMILES string of the molecule is Cc1ccc(OCCN2C(=O)c3ccccc3C2C(=O)Nc2c(C)cccc2C)c(C)n1. The van der Waals surface area contributed by atoms with Gasteiger partial charge in [0, 0.05) is 16.9 Å². The molecule has 1 atom stereocenters. The molecule has 0 saturated heterocycles. The second-order valence-corrected chi connectivity index (χ2v) is 8.13. The van der Waals surface area contributed by atoms with E-state index in [1.54, 1.807) is 11.0 Å². The van der Waals surface area contributed by atoms with Crippen LogP contribution in [0, 0.1) is 27.7 Å². The highest BCUT2D eigenvalue weighted by Crippen LogP contribution is 2.35. The van der Waals surface area contributed by atoms with Gasteiger partial charge in [0.05, 0.1) is 12.2 Å². The zero-order chi connectivity index (χ0) is 22.8. The van der Waals surface area contributed by atoms with Crippen molar-refractivity contribution < 1.29 is 14.3 Å². The molecule has 4 rings (SSSR count). The molecule has 1 N–H and O–H groups in total. The maximum atomic E-state index is 13.4. The second kappa shape index (κ2) is 8.83. The topological polar surface area (TPSA) is 71.5 Å². The van der Waals surface area contributed by atoms with Gasteiger partial charge in [-0.05, 0) is 62.6 Å². The van der Waals surface area contributed by atoms with Crippen LogP contribution < -0.4 is 10.1 Å². The summed E-state index contributed by atoms with van der Waals surface area (Å²) in [4.78, 5) is 32.5. The first kappa shape index (κ1) is 21.6. The predicted octanol–water partition coefficient (Wildman–Crippen LogP) is 4.53. The van der Waals surface area contributed by atoms with Gasteiger partial charge >= 0.3 is 0 Å². The third-order valence-corrected chi connectivity index (χ3v) is 5.80. The number of aryl methyl sites for hydroxylation is 4. The molecule has 0 fully saturated rings. The van der Waals surface area contributed by atoms with Crippen LogP contribution in [0.5, 0.6) is 5.75 Å². The number of aromatic nitrogens is 1. The Bertz CT molecular complexity index is 1170. The van der Waals surface area contributed by atoms with Crippen molar-refractivity contribution >= 4 is 17.5 Å². The van der Waals surface area contributed by atoms with Crippen LogP contribution >= 0.6 is 0 Å². The molecule has 0 bridgehead atoms. The summed E-state index contributed by atoms with van der Waals surface area (Å²) in [5.74, 6) is 0.287. The molecule has 2 heterocycles. The van der Waals surface area contributed by atoms with Gasteiger partial charge in [-0.15, -0.1) is 0 Å². The number of carbonyl (C=O) groups is 2. The Balaban J connectivity index is 1.56. The number of carbonyl (C=O) groups excluding carboxylic acids is 2. The molecule has 32 heavy (non-hydrogen) atoms. The fourth-order valence-electron chi connectivity index (χ4n) is 4.17. The Labute approximate surface area is 188 Å². The first-order valence-electron chi connectivity index (χ1n) is 10.7. The fourth-order valence-corrected chi connectivity index (χ4v) is 4.17. The van der Waals surface area contributed by atoms with Crippen LogP contribution in [0.25, 0.3) is 0 Å². The number of para-hydroxylation sites is 1. The van der Waals surface area contributed by atoms with E-state index in [2.05, 4.69) is 10.3 Å². The number of rotatable bonds is 6. The number of hydrogen-bond donors (Lipinski definition) is 1. The maximum absolute atomic E-state index is 13.4. The highest BCUT2D eigenvalue weighted by molar-refractivity contribution is 6.08. The minimum atomic E-state index is -0.710. The molecular weight excluding hydrogens is 402 g/mol. The van der Waals surface area contributed by atoms with Gasteiger partial charge < -0.3 is 15.0 Å². The maximum Gasteiger partial charge on any atom is 0.255 e. The van der Waals surface area contributed by atoms with E-state index >= 15 is 0 Å². The molecule has 0 aliphatic carbocycles. The number of hydrogen-bond acceptors (Lipinski definition) is 4. The number of pyridine rings is 1. The van der Waals surface area contributed by atoms with Crippen LogP contribution in [0.4, 0.5) is 5.69 Å². The number of fused-ring (bicyclic) bond motifs is 1. The minimum absolute atomic E-state index is 0.162. The van der Waals surface area contributed by atoms with E-state index in [9.17, 15) is 9.59 Å². The van der Waals surface area contributed by atoms with Crippen LogP contribution in [0.1, 0.15) is 44.5 Å². The van der Waals surface area contributed by atoms with Gasteiger partial charge in [0.2, 0.25) is 0 Å². The monoisotopic (exact) mass is 429 g/mol. The van der Waals surface area contributed by atoms with Crippen LogP contribution in [0.15, 0.2) is 54.6 Å². The van der Waals surface area contributed by atoms with Crippen molar-refractivity contribution in [1.82, 2.24) is 9.88 Å². The predicted molar refractivity (Wildman–Crippen MR) is 124 cm³/mol. The molecule has 164 valence electrons. The number of anilines is 1. The number of benzene rings is 2. The van der Waals surface area contributed by atoms with Crippen molar-refractivity contribution in [2.75, 3.05) is 18.5 Å². The molecule has 6 nitrogen and oxygen atoms in total. The van der Waals surface area contributed by atoms with Crippen LogP contribution in [-0.4, -0.2) is 34.8 Å². The molecule has 2 amide bonds. The van der Waals surface area contributed by atoms with Gasteiger partial charge in [-0.1, -0.05) is 36.4 Å². The molecule has 2 aromatic carbocycles. The zero-order valence-electron chi connectivity index (χ0n) is 18.8. The van der Waals surface area contributed by atoms with E-state index in [0.717, 1.165) is 33.8 Å². The molecule has 1 unspecified atom stereocenters. The molecule has 1 aliphatic rings. The molecule has 3 aromatic rings. The smallest absolute Gasteiger partial charge is 0.255 e. The van der Waals surface area contributed by atoms with E-state index in [-0.39, 0.29) is 25.0 Å². The normalized spacial score (nSPS) is 14.9. The number of nitrogens with one attached hydrogen (secondary N) is 1. The zero-order valence-corrected chi connectivity index (χ0v) is 18.8. The van der Waals surface area contributed by atoms with E-state index in [1.807, 2.05) is 76.2 Å². The summed E-state index contributed by atoms with van der Waals surface area (Å²) < 4.78 is 5.90. The lowest BCUT2D eigenvalue weighted by atomic mass is 10.0. The summed E-state index contributed by atoms with van der Waals surface area (Å²) >= 11 is 0. The Morgan fingerprint density at radius 1 is 1.00 bits per heavy atom. The van der Waals surface area contributed by atoms with Crippen molar-refractivity contribution in [2.24, 2.45) is 0 Å². The average Bonchev–Trinajstić information content (AvgIpc) is 3.04. The molecule has 6 heteroatoms. The average molecular weight is 430 g/mol. The van der Waals surface area contributed by atoms with Crippen molar-refractivity contribution in [3.8, 4) is 5.75 Å². The Kier molecular flexibility index (Phi) is 5.95. The largest absolute Gasteiger partial charge is 0.490 e. The molecule has 0 spiro atoms. The van der Waals surface area contributed by atoms with Crippen molar-refractivity contribution in [2.45, 2.75) is 33.7 Å². The summed E-state index contributed by atoms with van der Waals surface area (Å²) in [6, 6.07) is 16.2. The molecule has 1 aliphatic heterocycles. The second-order valence-electron chi connectivity index (χ2n) is 8.13. The summed E-state index contributed by atoms with van der Waals surface area (Å²) in [6.45, 7) is 8.28. The molecular formula is C26H27N3O3. The lowest BCUT2D eigenvalue weighted by Gasteiger charge is -2.25. The molecule has 1 aromatic heterocycles. The molecule has 0 radical (unpaired) electrons. The Hall–Kier alpha value is -3.67. The van der Waals surface area contributed by atoms with E-state index < -0.39 is 6.04 Å². The fraction of sp³-hybridized carbons (Fsp3) is 0.269. The van der Waals surface area contributed by atoms with Crippen LogP contribution in [0.2, 0.25) is 0 Å². The van der Waals surface area contributed by atoms with Gasteiger partial charge in [0.1, 0.15) is 18.4 Å². The van der Waals surface area contributed by atoms with Crippen molar-refractivity contribution in [3.63, 3.8) is 0 Å². The third-order valence-electron chi connectivity index (χ3n) is 5.80. The van der Waals surface area contributed by atoms with Gasteiger partial charge in [-0.25, -0.2) is 0 Å². The highest BCUT2D eigenvalue weighted by atomic mass is 16.5. The first-order valence-corrected chi connectivity index (χ1v) is 10.7.